The lowest BCUT2D eigenvalue weighted by Gasteiger charge is -2.25. The highest BCUT2D eigenvalue weighted by Gasteiger charge is 2.25. The first-order valence-electron chi connectivity index (χ1n) is 7.94. The minimum Gasteiger partial charge on any atom is -0.382 e. The average Bonchev–Trinajstić information content (AvgIpc) is 2.97. The summed E-state index contributed by atoms with van der Waals surface area (Å²) in [5, 5.41) is 7.15. The van der Waals surface area contributed by atoms with Crippen molar-refractivity contribution < 1.29 is 4.79 Å². The summed E-state index contributed by atoms with van der Waals surface area (Å²) in [6, 6.07) is 0.505. The normalized spacial score (nSPS) is 25.6. The highest BCUT2D eigenvalue weighted by atomic mass is 32.1. The van der Waals surface area contributed by atoms with E-state index in [1.54, 1.807) is 0 Å². The van der Waals surface area contributed by atoms with E-state index in [4.69, 9.17) is 5.73 Å². The number of amides is 1. The Morgan fingerprint density at radius 2 is 2.10 bits per heavy atom. The zero-order chi connectivity index (χ0) is 14.8. The van der Waals surface area contributed by atoms with Crippen molar-refractivity contribution in [3.63, 3.8) is 0 Å². The molecule has 6 heteroatoms. The number of aromatic nitrogens is 1. The molecular weight excluding hydrogens is 284 g/mol. The Morgan fingerprint density at radius 1 is 1.33 bits per heavy atom. The molecule has 1 amide bonds. The summed E-state index contributed by atoms with van der Waals surface area (Å²) < 4.78 is 0. The predicted molar refractivity (Wildman–Crippen MR) is 86.6 cm³/mol. The number of rotatable bonds is 5. The molecule has 1 heterocycles. The Bertz CT molecular complexity index is 512. The highest BCUT2D eigenvalue weighted by Crippen LogP contribution is 2.31. The van der Waals surface area contributed by atoms with Crippen LogP contribution in [0.1, 0.15) is 55.1 Å². The number of carbonyl (C=O) groups is 1. The third-order valence-corrected chi connectivity index (χ3v) is 5.86. The number of anilines is 2. The number of thiazole rings is 1. The first-order valence-corrected chi connectivity index (χ1v) is 8.76. The third-order valence-electron chi connectivity index (χ3n) is 4.86. The van der Waals surface area contributed by atoms with Gasteiger partial charge in [0.2, 0.25) is 0 Å². The topological polar surface area (TPSA) is 80.0 Å². The van der Waals surface area contributed by atoms with Crippen molar-refractivity contribution in [3.8, 4) is 0 Å². The zero-order valence-electron chi connectivity index (χ0n) is 12.5. The third kappa shape index (κ3) is 3.31. The molecule has 1 aromatic heterocycles. The Kier molecular flexibility index (Phi) is 4.33. The molecule has 2 unspecified atom stereocenters. The summed E-state index contributed by atoms with van der Waals surface area (Å²) in [7, 11) is 0. The molecule has 116 valence electrons. The number of hydrogen-bond donors (Lipinski definition) is 3. The molecule has 0 aliphatic heterocycles. The second kappa shape index (κ2) is 6.22. The van der Waals surface area contributed by atoms with E-state index in [9.17, 15) is 4.79 Å². The molecule has 5 nitrogen and oxygen atoms in total. The van der Waals surface area contributed by atoms with Gasteiger partial charge < -0.3 is 16.4 Å². The molecule has 3 rings (SSSR count). The molecule has 0 bridgehead atoms. The Balaban J connectivity index is 1.56. The molecule has 4 N–H and O–H groups in total. The molecule has 2 aliphatic rings. The van der Waals surface area contributed by atoms with E-state index in [1.807, 2.05) is 0 Å². The molecule has 2 fully saturated rings. The maximum atomic E-state index is 12.3. The van der Waals surface area contributed by atoms with Crippen LogP contribution in [0.2, 0.25) is 0 Å². The molecule has 2 saturated carbocycles. The minimum absolute atomic E-state index is 0.0780. The molecule has 2 atom stereocenters. The molecular formula is C15H24N4OS. The van der Waals surface area contributed by atoms with Gasteiger partial charge in [0.05, 0.1) is 0 Å². The van der Waals surface area contributed by atoms with Crippen LogP contribution in [0.4, 0.5) is 10.9 Å². The monoisotopic (exact) mass is 308 g/mol. The van der Waals surface area contributed by atoms with Gasteiger partial charge in [-0.15, -0.1) is 0 Å². The highest BCUT2D eigenvalue weighted by molar-refractivity contribution is 7.18. The SMILES string of the molecule is CC1CCCC1CNC(=O)c1sc(NC2CCC2)nc1N. The van der Waals surface area contributed by atoms with Crippen LogP contribution in [0, 0.1) is 11.8 Å². The van der Waals surface area contributed by atoms with Crippen LogP contribution in [0.3, 0.4) is 0 Å². The number of nitrogen functional groups attached to an aromatic ring is 1. The van der Waals surface area contributed by atoms with Crippen LogP contribution in [0.15, 0.2) is 0 Å². The quantitative estimate of drug-likeness (QED) is 0.781. The van der Waals surface area contributed by atoms with Gasteiger partial charge in [-0.1, -0.05) is 31.1 Å². The number of hydrogen-bond acceptors (Lipinski definition) is 5. The summed E-state index contributed by atoms with van der Waals surface area (Å²) in [6.07, 6.45) is 7.40. The van der Waals surface area contributed by atoms with Crippen molar-refractivity contribution in [1.82, 2.24) is 10.3 Å². The van der Waals surface area contributed by atoms with Crippen LogP contribution in [-0.4, -0.2) is 23.5 Å². The number of carbonyl (C=O) groups excluding carboxylic acids is 1. The predicted octanol–water partition coefficient (Wildman–Crippen LogP) is 2.86. The number of nitrogens with zero attached hydrogens (tertiary/aromatic N) is 1. The van der Waals surface area contributed by atoms with Gasteiger partial charge in [-0.05, 0) is 37.5 Å². The van der Waals surface area contributed by atoms with E-state index < -0.39 is 0 Å². The summed E-state index contributed by atoms with van der Waals surface area (Å²) in [5.41, 5.74) is 5.89. The van der Waals surface area contributed by atoms with E-state index in [1.165, 1.54) is 49.9 Å². The molecule has 2 aliphatic carbocycles. The summed E-state index contributed by atoms with van der Waals surface area (Å²) in [6.45, 7) is 3.02. The molecule has 0 spiro atoms. The van der Waals surface area contributed by atoms with Gasteiger partial charge in [-0.2, -0.15) is 0 Å². The summed E-state index contributed by atoms with van der Waals surface area (Å²) in [4.78, 5) is 17.1. The van der Waals surface area contributed by atoms with Crippen LogP contribution in [0.25, 0.3) is 0 Å². The molecule has 1 aromatic rings. The lowest BCUT2D eigenvalue weighted by Crippen LogP contribution is -2.30. The Labute approximate surface area is 129 Å². The summed E-state index contributed by atoms with van der Waals surface area (Å²) in [5.74, 6) is 1.58. The van der Waals surface area contributed by atoms with Crippen molar-refractivity contribution in [3.05, 3.63) is 4.88 Å². The number of nitrogens with one attached hydrogen (secondary N) is 2. The maximum Gasteiger partial charge on any atom is 0.265 e. The average molecular weight is 308 g/mol. The van der Waals surface area contributed by atoms with Crippen molar-refractivity contribution in [2.24, 2.45) is 11.8 Å². The van der Waals surface area contributed by atoms with E-state index in [0.29, 0.717) is 28.6 Å². The molecule has 0 aromatic carbocycles. The van der Waals surface area contributed by atoms with Gasteiger partial charge in [0.15, 0.2) is 5.13 Å². The molecule has 0 saturated heterocycles. The first kappa shape index (κ1) is 14.6. The van der Waals surface area contributed by atoms with Gasteiger partial charge >= 0.3 is 0 Å². The van der Waals surface area contributed by atoms with Gasteiger partial charge in [0.1, 0.15) is 10.7 Å². The smallest absolute Gasteiger partial charge is 0.265 e. The Hall–Kier alpha value is -1.30. The first-order chi connectivity index (χ1) is 10.1. The van der Waals surface area contributed by atoms with Gasteiger partial charge in [0.25, 0.3) is 5.91 Å². The number of nitrogens with two attached hydrogens (primary N) is 1. The van der Waals surface area contributed by atoms with Crippen LogP contribution in [0.5, 0.6) is 0 Å². The van der Waals surface area contributed by atoms with Crippen molar-refractivity contribution in [2.45, 2.75) is 51.5 Å². The standard InChI is InChI=1S/C15H24N4OS/c1-9-4-2-5-10(9)8-17-14(20)12-13(16)19-15(21-12)18-11-6-3-7-11/h9-11H,2-8,16H2,1H3,(H,17,20)(H,18,19). The fourth-order valence-corrected chi connectivity index (χ4v) is 3.99. The van der Waals surface area contributed by atoms with Gasteiger partial charge in [-0.3, -0.25) is 4.79 Å². The largest absolute Gasteiger partial charge is 0.382 e. The fourth-order valence-electron chi connectivity index (χ4n) is 3.11. The van der Waals surface area contributed by atoms with Gasteiger partial charge in [0, 0.05) is 12.6 Å². The summed E-state index contributed by atoms with van der Waals surface area (Å²) >= 11 is 1.37. The van der Waals surface area contributed by atoms with E-state index in [-0.39, 0.29) is 5.91 Å². The van der Waals surface area contributed by atoms with Crippen LogP contribution >= 0.6 is 11.3 Å². The fraction of sp³-hybridized carbons (Fsp3) is 0.733. The lowest BCUT2D eigenvalue weighted by molar-refractivity contribution is 0.0949. The van der Waals surface area contributed by atoms with Gasteiger partial charge in [-0.25, -0.2) is 4.98 Å². The molecule has 21 heavy (non-hydrogen) atoms. The minimum atomic E-state index is -0.0780. The second-order valence-corrected chi connectivity index (χ2v) is 7.38. The van der Waals surface area contributed by atoms with Crippen molar-refractivity contribution in [2.75, 3.05) is 17.6 Å². The van der Waals surface area contributed by atoms with Crippen molar-refractivity contribution >= 4 is 28.2 Å². The zero-order valence-corrected chi connectivity index (χ0v) is 13.3. The Morgan fingerprint density at radius 3 is 2.71 bits per heavy atom. The van der Waals surface area contributed by atoms with Crippen molar-refractivity contribution in [1.29, 1.82) is 0 Å². The lowest BCUT2D eigenvalue weighted by atomic mass is 9.93. The maximum absolute atomic E-state index is 12.3. The van der Waals surface area contributed by atoms with Crippen LogP contribution < -0.4 is 16.4 Å². The molecule has 0 radical (unpaired) electrons. The van der Waals surface area contributed by atoms with E-state index in [0.717, 1.165) is 11.7 Å². The van der Waals surface area contributed by atoms with Crippen LogP contribution in [-0.2, 0) is 0 Å². The second-order valence-electron chi connectivity index (χ2n) is 6.38. The van der Waals surface area contributed by atoms with E-state index in [2.05, 4.69) is 22.5 Å². The van der Waals surface area contributed by atoms with E-state index >= 15 is 0 Å².